The lowest BCUT2D eigenvalue weighted by molar-refractivity contribution is -0.127. The van der Waals surface area contributed by atoms with Gasteiger partial charge in [0.25, 0.3) is 0 Å². The van der Waals surface area contributed by atoms with Gasteiger partial charge in [0.05, 0.1) is 28.8 Å². The molecule has 2 saturated heterocycles. The van der Waals surface area contributed by atoms with E-state index in [-0.39, 0.29) is 42.0 Å². The molecular weight excluding hydrogens is 937 g/mol. The van der Waals surface area contributed by atoms with E-state index in [1.807, 2.05) is 119 Å². The van der Waals surface area contributed by atoms with Gasteiger partial charge in [-0.2, -0.15) is 10.2 Å². The van der Waals surface area contributed by atoms with Crippen molar-refractivity contribution in [3.8, 4) is 45.5 Å². The molecule has 0 saturated carbocycles. The number of rotatable bonds is 18. The van der Waals surface area contributed by atoms with Crippen LogP contribution < -0.4 is 20.1 Å². The van der Waals surface area contributed by atoms with Gasteiger partial charge < -0.3 is 35.0 Å². The number of aliphatic hydroxyl groups excluding tert-OH is 1. The molecule has 2 aliphatic heterocycles. The zero-order valence-corrected chi connectivity index (χ0v) is 40.5. The summed E-state index contributed by atoms with van der Waals surface area (Å²) in [6.45, 7) is 13.4. The van der Waals surface area contributed by atoms with Gasteiger partial charge in [-0.3, -0.25) is 14.4 Å². The van der Waals surface area contributed by atoms with Crippen LogP contribution in [0.3, 0.4) is 0 Å². The van der Waals surface area contributed by atoms with Crippen LogP contribution in [0.25, 0.3) is 44.6 Å². The normalized spacial score (nSPS) is 16.7. The Balaban J connectivity index is 0.939. The SMILES string of the molecule is C=CC(=O)Nc1ncnc2c1c(-c1ccc(Oc3ccccc3)cc1)nn2C1CCCN(CC(C(=O)C=C)C(O)Nc2ncnc3c2c(-c2ccc(Oc4ccccc4)cc2)nn3C2CCCN(C(=O)C=C)C2)C1. The molecule has 4 aromatic heterocycles. The Hall–Kier alpha value is -8.87. The number of para-hydroxylation sites is 2. The maximum atomic E-state index is 13.9. The van der Waals surface area contributed by atoms with Crippen LogP contribution in [0.4, 0.5) is 11.6 Å². The van der Waals surface area contributed by atoms with Gasteiger partial charge in [0, 0.05) is 37.3 Å². The van der Waals surface area contributed by atoms with Crippen molar-refractivity contribution in [1.29, 1.82) is 0 Å². The third-order valence-corrected chi connectivity index (χ3v) is 13.4. The molecule has 74 heavy (non-hydrogen) atoms. The van der Waals surface area contributed by atoms with Gasteiger partial charge in [-0.25, -0.2) is 29.3 Å². The van der Waals surface area contributed by atoms with Crippen LogP contribution in [0, 0.1) is 5.92 Å². The van der Waals surface area contributed by atoms with Crippen LogP contribution in [-0.2, 0) is 14.4 Å². The monoisotopic (exact) mass is 990 g/mol. The van der Waals surface area contributed by atoms with Gasteiger partial charge in [0.1, 0.15) is 64.9 Å². The number of nitrogens with zero attached hydrogens (tertiary/aromatic N) is 10. The highest BCUT2D eigenvalue weighted by Crippen LogP contribution is 2.39. The number of nitrogens with one attached hydrogen (secondary N) is 2. The highest BCUT2D eigenvalue weighted by atomic mass is 16.5. The van der Waals surface area contributed by atoms with E-state index in [1.165, 1.54) is 30.9 Å². The number of carbonyl (C=O) groups excluding carboxylic acids is 3. The number of anilines is 2. The number of aliphatic hydroxyl groups is 1. The number of allylic oxidation sites excluding steroid dienone is 1. The predicted octanol–water partition coefficient (Wildman–Crippen LogP) is 8.80. The fourth-order valence-electron chi connectivity index (χ4n) is 9.74. The maximum Gasteiger partial charge on any atom is 0.248 e. The van der Waals surface area contributed by atoms with Crippen LogP contribution >= 0.6 is 0 Å². The van der Waals surface area contributed by atoms with Crippen molar-refractivity contribution in [2.75, 3.05) is 43.4 Å². The third-order valence-electron chi connectivity index (χ3n) is 13.4. The van der Waals surface area contributed by atoms with Gasteiger partial charge in [0.2, 0.25) is 11.8 Å². The van der Waals surface area contributed by atoms with Crippen molar-refractivity contribution in [3.63, 3.8) is 0 Å². The summed E-state index contributed by atoms with van der Waals surface area (Å²) in [5.74, 6) is 1.28. The second-order valence-corrected chi connectivity index (χ2v) is 18.1. The molecule has 2 aliphatic rings. The predicted molar refractivity (Wildman–Crippen MR) is 281 cm³/mol. The van der Waals surface area contributed by atoms with Crippen molar-refractivity contribution in [2.45, 2.75) is 44.0 Å². The van der Waals surface area contributed by atoms with E-state index in [0.717, 1.165) is 36.8 Å². The summed E-state index contributed by atoms with van der Waals surface area (Å²) in [4.78, 5) is 61.8. The van der Waals surface area contributed by atoms with E-state index < -0.39 is 18.1 Å². The number of amides is 2. The van der Waals surface area contributed by atoms with E-state index in [2.05, 4.69) is 45.2 Å². The zero-order chi connectivity index (χ0) is 51.1. The first-order chi connectivity index (χ1) is 36.2. The van der Waals surface area contributed by atoms with E-state index in [0.29, 0.717) is 82.6 Å². The lowest BCUT2D eigenvalue weighted by atomic mass is 9.98. The van der Waals surface area contributed by atoms with Gasteiger partial charge in [0.15, 0.2) is 17.1 Å². The minimum atomic E-state index is -1.43. The summed E-state index contributed by atoms with van der Waals surface area (Å²) >= 11 is 0. The fourth-order valence-corrected chi connectivity index (χ4v) is 9.74. The molecular formula is C56H54N12O6. The smallest absolute Gasteiger partial charge is 0.248 e. The molecule has 18 heteroatoms. The molecule has 3 N–H and O–H groups in total. The number of hydrogen-bond donors (Lipinski definition) is 3. The van der Waals surface area contributed by atoms with Crippen molar-refractivity contribution in [3.05, 3.63) is 160 Å². The highest BCUT2D eigenvalue weighted by molar-refractivity contribution is 6.07. The Bertz CT molecular complexity index is 3340. The summed E-state index contributed by atoms with van der Waals surface area (Å²) < 4.78 is 15.9. The minimum Gasteiger partial charge on any atom is -0.457 e. The van der Waals surface area contributed by atoms with Crippen molar-refractivity contribution in [2.24, 2.45) is 5.92 Å². The lowest BCUT2D eigenvalue weighted by Crippen LogP contribution is -2.46. The Morgan fingerprint density at radius 3 is 1.69 bits per heavy atom. The molecule has 0 radical (unpaired) electrons. The molecule has 8 aromatic rings. The second-order valence-electron chi connectivity index (χ2n) is 18.1. The van der Waals surface area contributed by atoms with Crippen molar-refractivity contribution < 1.29 is 29.0 Å². The average Bonchev–Trinajstić information content (AvgIpc) is 4.05. The molecule has 2 amide bonds. The number of ether oxygens (including phenoxy) is 2. The molecule has 4 atom stereocenters. The summed E-state index contributed by atoms with van der Waals surface area (Å²) in [6, 6.07) is 33.6. The molecule has 4 unspecified atom stereocenters. The van der Waals surface area contributed by atoms with Crippen LogP contribution in [0.15, 0.2) is 160 Å². The fraction of sp³-hybridized carbons (Fsp3) is 0.232. The number of carbonyl (C=O) groups is 3. The second kappa shape index (κ2) is 21.9. The van der Waals surface area contributed by atoms with E-state index >= 15 is 0 Å². The number of hydrogen-bond acceptors (Lipinski definition) is 14. The first-order valence-electron chi connectivity index (χ1n) is 24.5. The van der Waals surface area contributed by atoms with Gasteiger partial charge in [-0.1, -0.05) is 56.1 Å². The van der Waals surface area contributed by atoms with Gasteiger partial charge in [-0.05, 0) is 123 Å². The number of likely N-dealkylation sites (tertiary alicyclic amines) is 2. The first-order valence-corrected chi connectivity index (χ1v) is 24.5. The Morgan fingerprint density at radius 1 is 0.635 bits per heavy atom. The molecule has 0 aliphatic carbocycles. The summed E-state index contributed by atoms with van der Waals surface area (Å²) in [5, 5.41) is 29.6. The summed E-state index contributed by atoms with van der Waals surface area (Å²) in [7, 11) is 0. The third kappa shape index (κ3) is 10.4. The Labute approximate surface area is 426 Å². The van der Waals surface area contributed by atoms with Gasteiger partial charge in [-0.15, -0.1) is 0 Å². The highest BCUT2D eigenvalue weighted by Gasteiger charge is 2.34. The van der Waals surface area contributed by atoms with Crippen LogP contribution in [-0.4, -0.2) is 111 Å². The largest absolute Gasteiger partial charge is 0.457 e. The van der Waals surface area contributed by atoms with Crippen LogP contribution in [0.5, 0.6) is 23.0 Å². The molecule has 10 rings (SSSR count). The van der Waals surface area contributed by atoms with E-state index in [4.69, 9.17) is 29.6 Å². The molecule has 4 aromatic carbocycles. The molecule has 0 bridgehead atoms. The number of aromatic nitrogens is 8. The summed E-state index contributed by atoms with van der Waals surface area (Å²) in [6.07, 6.45) is 8.08. The number of fused-ring (bicyclic) bond motifs is 2. The lowest BCUT2D eigenvalue weighted by Gasteiger charge is -2.35. The molecule has 0 spiro atoms. The van der Waals surface area contributed by atoms with Crippen LogP contribution in [0.2, 0.25) is 0 Å². The quantitative estimate of drug-likeness (QED) is 0.0543. The molecule has 6 heterocycles. The Kier molecular flexibility index (Phi) is 14.4. The van der Waals surface area contributed by atoms with E-state index in [9.17, 15) is 19.5 Å². The van der Waals surface area contributed by atoms with E-state index in [1.54, 1.807) is 4.90 Å². The number of piperidine rings is 2. The maximum absolute atomic E-state index is 13.9. The number of benzene rings is 4. The first kappa shape index (κ1) is 48.7. The Morgan fingerprint density at radius 2 is 1.15 bits per heavy atom. The molecule has 18 nitrogen and oxygen atoms in total. The van der Waals surface area contributed by atoms with Crippen molar-refractivity contribution >= 4 is 51.3 Å². The number of ketones is 1. The zero-order valence-electron chi connectivity index (χ0n) is 40.5. The van der Waals surface area contributed by atoms with Crippen LogP contribution in [0.1, 0.15) is 37.8 Å². The van der Waals surface area contributed by atoms with Gasteiger partial charge >= 0.3 is 0 Å². The van der Waals surface area contributed by atoms with Crippen molar-refractivity contribution in [1.82, 2.24) is 49.3 Å². The average molecular weight is 991 g/mol. The topological polar surface area (TPSA) is 208 Å². The molecule has 374 valence electrons. The summed E-state index contributed by atoms with van der Waals surface area (Å²) in [5.41, 5.74) is 3.60. The molecule has 2 fully saturated rings. The standard InChI is InChI=1S/C56H54N12O6/c1-4-45(69)44(33-65-29-13-15-38(31-65)67-54-48(52(57-34-59-54)61-46(70)5-2)50(63-67)36-21-25-42(26-22-36)73-40-17-9-7-10-18-40)56(72)62-53-49-51(37-23-27-43(28-24-37)74-41-19-11-8-12-20-41)64-68(55(49)60-35-58-53)39-16-14-30-66(32-39)47(71)6-3/h4-12,17-28,34-35,38-39,44,56,72H,1-3,13-16,29-33H2,(H,58,60,62)(H,57,59,61,70). The minimum absolute atomic E-state index is 0.157.